The molecule has 0 atom stereocenters. The van der Waals surface area contributed by atoms with E-state index in [0.717, 1.165) is 81.5 Å². The molecule has 0 N–H and O–H groups in total. The van der Waals surface area contributed by atoms with Crippen molar-refractivity contribution in [2.45, 2.75) is 13.3 Å². The largest absolute Gasteiger partial charge is 0.378 e. The average molecular weight is 401 g/mol. The molecular weight excluding hydrogens is 372 g/mol. The monoisotopic (exact) mass is 400 g/mol. The maximum absolute atomic E-state index is 13.2. The molecule has 0 saturated carbocycles. The van der Waals surface area contributed by atoms with Gasteiger partial charge in [-0.05, 0) is 36.7 Å². The fourth-order valence-electron chi connectivity index (χ4n) is 3.87. The topological polar surface area (TPSA) is 48.9 Å². The summed E-state index contributed by atoms with van der Waals surface area (Å²) in [5.41, 5.74) is 2.24. The van der Waals surface area contributed by atoms with Gasteiger partial charge in [0.15, 0.2) is 0 Å². The summed E-state index contributed by atoms with van der Waals surface area (Å²) in [5.74, 6) is 0.163. The normalized spacial score (nSPS) is 18.5. The van der Waals surface area contributed by atoms with Gasteiger partial charge in [0.1, 0.15) is 0 Å². The number of rotatable bonds is 5. The van der Waals surface area contributed by atoms with Gasteiger partial charge in [-0.2, -0.15) is 0 Å². The number of carbonyl (C=O) groups excluding carboxylic acids is 1. The molecule has 6 nitrogen and oxygen atoms in total. The standard InChI is InChI=1S/C21H28N4O2S/c1-2-7-23-8-10-24(11-9-23)20(26)19-16-18(17-3-5-22-6-4-17)21(28-19)25-12-14-27-15-13-25/h3-6,16H,2,7-15H2,1H3. The van der Waals surface area contributed by atoms with E-state index in [-0.39, 0.29) is 5.91 Å². The first-order chi connectivity index (χ1) is 13.8. The number of hydrogen-bond acceptors (Lipinski definition) is 6. The van der Waals surface area contributed by atoms with Gasteiger partial charge in [0.2, 0.25) is 0 Å². The van der Waals surface area contributed by atoms with Crippen molar-refractivity contribution in [1.82, 2.24) is 14.8 Å². The molecule has 1 amide bonds. The molecular formula is C21H28N4O2S. The van der Waals surface area contributed by atoms with Gasteiger partial charge in [0.25, 0.3) is 5.91 Å². The van der Waals surface area contributed by atoms with Crippen LogP contribution >= 0.6 is 11.3 Å². The second-order valence-electron chi connectivity index (χ2n) is 7.30. The number of ether oxygens (including phenoxy) is 1. The summed E-state index contributed by atoms with van der Waals surface area (Å²) < 4.78 is 5.52. The smallest absolute Gasteiger partial charge is 0.264 e. The van der Waals surface area contributed by atoms with Crippen LogP contribution in [0.25, 0.3) is 11.1 Å². The van der Waals surface area contributed by atoms with Gasteiger partial charge in [0, 0.05) is 57.2 Å². The molecule has 28 heavy (non-hydrogen) atoms. The lowest BCUT2D eigenvalue weighted by molar-refractivity contribution is 0.0642. The fourth-order valence-corrected chi connectivity index (χ4v) is 5.07. The maximum Gasteiger partial charge on any atom is 0.264 e. The number of nitrogens with zero attached hydrogens (tertiary/aromatic N) is 4. The lowest BCUT2D eigenvalue weighted by Crippen LogP contribution is -2.48. The molecule has 4 rings (SSSR count). The van der Waals surface area contributed by atoms with Crippen molar-refractivity contribution in [3.05, 3.63) is 35.5 Å². The first kappa shape index (κ1) is 19.4. The van der Waals surface area contributed by atoms with Gasteiger partial charge in [-0.25, -0.2) is 0 Å². The summed E-state index contributed by atoms with van der Waals surface area (Å²) in [7, 11) is 0. The van der Waals surface area contributed by atoms with Crippen LogP contribution in [0.2, 0.25) is 0 Å². The molecule has 2 saturated heterocycles. The molecule has 0 aromatic carbocycles. The van der Waals surface area contributed by atoms with E-state index in [9.17, 15) is 4.79 Å². The van der Waals surface area contributed by atoms with Crippen LogP contribution in [0.4, 0.5) is 5.00 Å². The van der Waals surface area contributed by atoms with E-state index in [4.69, 9.17) is 4.74 Å². The molecule has 0 bridgehead atoms. The quantitative estimate of drug-likeness (QED) is 0.772. The van der Waals surface area contributed by atoms with E-state index < -0.39 is 0 Å². The molecule has 0 spiro atoms. The van der Waals surface area contributed by atoms with E-state index in [1.807, 2.05) is 29.4 Å². The highest BCUT2D eigenvalue weighted by Gasteiger charge is 2.26. The first-order valence-corrected chi connectivity index (χ1v) is 11.0. The molecule has 4 heterocycles. The molecule has 2 aromatic heterocycles. The van der Waals surface area contributed by atoms with E-state index in [1.54, 1.807) is 11.3 Å². The minimum Gasteiger partial charge on any atom is -0.378 e. The number of carbonyl (C=O) groups is 1. The van der Waals surface area contributed by atoms with Gasteiger partial charge in [0.05, 0.1) is 23.1 Å². The number of piperazine rings is 1. The molecule has 2 aliphatic heterocycles. The Bertz CT molecular complexity index is 781. The van der Waals surface area contributed by atoms with Gasteiger partial charge < -0.3 is 14.5 Å². The van der Waals surface area contributed by atoms with Gasteiger partial charge in [-0.1, -0.05) is 6.92 Å². The van der Waals surface area contributed by atoms with Crippen LogP contribution in [-0.4, -0.2) is 79.7 Å². The van der Waals surface area contributed by atoms with Crippen molar-refractivity contribution < 1.29 is 9.53 Å². The average Bonchev–Trinajstić information content (AvgIpc) is 3.21. The van der Waals surface area contributed by atoms with Crippen LogP contribution in [-0.2, 0) is 4.74 Å². The summed E-state index contributed by atoms with van der Waals surface area (Å²) >= 11 is 1.62. The Kier molecular flexibility index (Phi) is 6.24. The minimum atomic E-state index is 0.163. The summed E-state index contributed by atoms with van der Waals surface area (Å²) in [5, 5.41) is 1.17. The van der Waals surface area contributed by atoms with E-state index in [0.29, 0.717) is 0 Å². The zero-order chi connectivity index (χ0) is 19.3. The van der Waals surface area contributed by atoms with Crippen LogP contribution in [0.15, 0.2) is 30.6 Å². The van der Waals surface area contributed by atoms with Crippen LogP contribution in [0, 0.1) is 0 Å². The van der Waals surface area contributed by atoms with E-state index in [2.05, 4.69) is 27.8 Å². The Morgan fingerprint density at radius 1 is 1.11 bits per heavy atom. The number of pyridine rings is 1. The fraction of sp³-hybridized carbons (Fsp3) is 0.524. The number of amides is 1. The number of morpholine rings is 1. The molecule has 0 unspecified atom stereocenters. The zero-order valence-corrected chi connectivity index (χ0v) is 17.3. The van der Waals surface area contributed by atoms with Crippen LogP contribution in [0.3, 0.4) is 0 Å². The van der Waals surface area contributed by atoms with Crippen molar-refractivity contribution in [3.8, 4) is 11.1 Å². The number of aromatic nitrogens is 1. The number of thiophene rings is 1. The zero-order valence-electron chi connectivity index (χ0n) is 16.5. The summed E-state index contributed by atoms with van der Waals surface area (Å²) in [4.78, 5) is 25.0. The molecule has 7 heteroatoms. The number of hydrogen-bond donors (Lipinski definition) is 0. The molecule has 150 valence electrons. The summed E-state index contributed by atoms with van der Waals surface area (Å²) in [6.45, 7) is 10.1. The van der Waals surface area contributed by atoms with E-state index >= 15 is 0 Å². The third-order valence-corrected chi connectivity index (χ3v) is 6.60. The van der Waals surface area contributed by atoms with E-state index in [1.165, 1.54) is 5.00 Å². The van der Waals surface area contributed by atoms with Crippen molar-refractivity contribution in [2.75, 3.05) is 63.9 Å². The predicted molar refractivity (Wildman–Crippen MR) is 113 cm³/mol. The summed E-state index contributed by atoms with van der Waals surface area (Å²) in [6.07, 6.45) is 4.78. The Morgan fingerprint density at radius 3 is 2.50 bits per heavy atom. The second kappa shape index (κ2) is 9.03. The van der Waals surface area contributed by atoms with Gasteiger partial charge in [-0.3, -0.25) is 14.7 Å². The van der Waals surface area contributed by atoms with Gasteiger partial charge >= 0.3 is 0 Å². The second-order valence-corrected chi connectivity index (χ2v) is 8.33. The minimum absolute atomic E-state index is 0.163. The molecule has 0 radical (unpaired) electrons. The molecule has 2 fully saturated rings. The molecule has 0 aliphatic carbocycles. The van der Waals surface area contributed by atoms with Crippen LogP contribution < -0.4 is 4.90 Å². The lowest BCUT2D eigenvalue weighted by atomic mass is 10.1. The Hall–Kier alpha value is -1.96. The first-order valence-electron chi connectivity index (χ1n) is 10.1. The lowest BCUT2D eigenvalue weighted by Gasteiger charge is -2.34. The summed E-state index contributed by atoms with van der Waals surface area (Å²) in [6, 6.07) is 6.11. The van der Waals surface area contributed by atoms with Crippen molar-refractivity contribution in [1.29, 1.82) is 0 Å². The molecule has 2 aliphatic rings. The highest BCUT2D eigenvalue weighted by atomic mass is 32.1. The Morgan fingerprint density at radius 2 is 1.82 bits per heavy atom. The predicted octanol–water partition coefficient (Wildman–Crippen LogP) is 2.81. The Labute approximate surface area is 170 Å². The van der Waals surface area contributed by atoms with Crippen molar-refractivity contribution in [3.63, 3.8) is 0 Å². The van der Waals surface area contributed by atoms with Crippen molar-refractivity contribution in [2.24, 2.45) is 0 Å². The van der Waals surface area contributed by atoms with Crippen LogP contribution in [0.5, 0.6) is 0 Å². The molecule has 2 aromatic rings. The third kappa shape index (κ3) is 4.21. The highest BCUT2D eigenvalue weighted by molar-refractivity contribution is 7.18. The van der Waals surface area contributed by atoms with Crippen molar-refractivity contribution >= 4 is 22.2 Å². The number of anilines is 1. The van der Waals surface area contributed by atoms with Crippen LogP contribution in [0.1, 0.15) is 23.0 Å². The highest BCUT2D eigenvalue weighted by Crippen LogP contribution is 2.39. The maximum atomic E-state index is 13.2. The Balaban J connectivity index is 1.57. The van der Waals surface area contributed by atoms with Gasteiger partial charge in [-0.15, -0.1) is 11.3 Å². The SMILES string of the molecule is CCCN1CCN(C(=O)c2cc(-c3ccncc3)c(N3CCOCC3)s2)CC1. The third-order valence-electron chi connectivity index (χ3n) is 5.41.